The van der Waals surface area contributed by atoms with E-state index in [4.69, 9.17) is 4.52 Å². The lowest BCUT2D eigenvalue weighted by Crippen LogP contribution is -2.48. The van der Waals surface area contributed by atoms with Crippen molar-refractivity contribution < 1.29 is 14.1 Å². The Morgan fingerprint density at radius 3 is 2.38 bits per heavy atom. The summed E-state index contributed by atoms with van der Waals surface area (Å²) in [5.41, 5.74) is 3.80. The minimum absolute atomic E-state index is 0.0152. The highest BCUT2D eigenvalue weighted by molar-refractivity contribution is 5.96. The molecule has 1 aliphatic rings. The number of rotatable bonds is 6. The largest absolute Gasteiger partial charge is 0.361 e. The maximum absolute atomic E-state index is 13.4. The minimum atomic E-state index is -0.0294. The van der Waals surface area contributed by atoms with Gasteiger partial charge >= 0.3 is 0 Å². The Morgan fingerprint density at radius 2 is 1.82 bits per heavy atom. The highest BCUT2D eigenvalue weighted by Gasteiger charge is 2.35. The summed E-state index contributed by atoms with van der Waals surface area (Å²) in [6.45, 7) is 6.75. The van der Waals surface area contributed by atoms with E-state index in [9.17, 15) is 9.59 Å². The molecule has 34 heavy (non-hydrogen) atoms. The van der Waals surface area contributed by atoms with Crippen molar-refractivity contribution in [1.82, 2.24) is 24.7 Å². The van der Waals surface area contributed by atoms with E-state index in [-0.39, 0.29) is 23.8 Å². The standard InChI is InChI=1S/C26H33N5O3/c1-17-15-23(30(5)27-17)25(32)29(4)22(16-20-9-7-6-8-10-20)21-11-13-31(14-12-21)26(33)24-18(2)28-34-19(24)3/h6-10,15,21-22H,11-14,16H2,1-5H3/t22-/m1/s1. The number of hydrogen-bond acceptors (Lipinski definition) is 5. The molecule has 1 aromatic carbocycles. The van der Waals surface area contributed by atoms with E-state index in [2.05, 4.69) is 22.4 Å². The van der Waals surface area contributed by atoms with Gasteiger partial charge in [-0.15, -0.1) is 0 Å². The van der Waals surface area contributed by atoms with Gasteiger partial charge in [-0.2, -0.15) is 5.10 Å². The van der Waals surface area contributed by atoms with Gasteiger partial charge in [-0.05, 0) is 57.6 Å². The number of likely N-dealkylation sites (tertiary alicyclic amines) is 1. The molecule has 0 unspecified atom stereocenters. The molecule has 180 valence electrons. The molecule has 1 saturated heterocycles. The van der Waals surface area contributed by atoms with E-state index in [0.29, 0.717) is 35.8 Å². The van der Waals surface area contributed by atoms with Crippen LogP contribution in [-0.2, 0) is 13.5 Å². The highest BCUT2D eigenvalue weighted by Crippen LogP contribution is 2.29. The van der Waals surface area contributed by atoms with Crippen LogP contribution in [-0.4, -0.2) is 62.7 Å². The van der Waals surface area contributed by atoms with Crippen LogP contribution in [0.2, 0.25) is 0 Å². The highest BCUT2D eigenvalue weighted by atomic mass is 16.5. The monoisotopic (exact) mass is 463 g/mol. The molecule has 3 aromatic rings. The summed E-state index contributed by atoms with van der Waals surface area (Å²) < 4.78 is 6.85. The van der Waals surface area contributed by atoms with Crippen molar-refractivity contribution in [3.63, 3.8) is 0 Å². The van der Waals surface area contributed by atoms with Gasteiger partial charge in [0.15, 0.2) is 0 Å². The average molecular weight is 464 g/mol. The number of piperidine rings is 1. The topological polar surface area (TPSA) is 84.5 Å². The molecule has 1 aliphatic heterocycles. The van der Waals surface area contributed by atoms with E-state index in [1.165, 1.54) is 5.56 Å². The first kappa shape index (κ1) is 23.7. The number of likely N-dealkylation sites (N-methyl/N-ethyl adjacent to an activating group) is 1. The molecular weight excluding hydrogens is 430 g/mol. The average Bonchev–Trinajstić information content (AvgIpc) is 3.36. The van der Waals surface area contributed by atoms with Gasteiger partial charge in [-0.25, -0.2) is 0 Å². The van der Waals surface area contributed by atoms with Crippen LogP contribution in [0, 0.1) is 26.7 Å². The number of benzene rings is 1. The van der Waals surface area contributed by atoms with E-state index in [1.807, 2.05) is 48.0 Å². The molecule has 0 bridgehead atoms. The summed E-state index contributed by atoms with van der Waals surface area (Å²) >= 11 is 0. The summed E-state index contributed by atoms with van der Waals surface area (Å²) in [5.74, 6) is 0.780. The van der Waals surface area contributed by atoms with E-state index < -0.39 is 0 Å². The van der Waals surface area contributed by atoms with E-state index in [0.717, 1.165) is 25.0 Å². The summed E-state index contributed by atoms with van der Waals surface area (Å²) in [4.78, 5) is 30.3. The Morgan fingerprint density at radius 1 is 1.15 bits per heavy atom. The summed E-state index contributed by atoms with van der Waals surface area (Å²) in [7, 11) is 3.69. The third-order valence-electron chi connectivity index (χ3n) is 6.94. The smallest absolute Gasteiger partial charge is 0.272 e. The Labute approximate surface area is 200 Å². The third kappa shape index (κ3) is 4.76. The van der Waals surface area contributed by atoms with Crippen molar-refractivity contribution in [2.75, 3.05) is 20.1 Å². The fraction of sp³-hybridized carbons (Fsp3) is 0.462. The van der Waals surface area contributed by atoms with Gasteiger partial charge in [0.2, 0.25) is 0 Å². The lowest BCUT2D eigenvalue weighted by molar-refractivity contribution is 0.0515. The number of amides is 2. The maximum Gasteiger partial charge on any atom is 0.272 e. The number of aryl methyl sites for hydroxylation is 4. The molecule has 8 nitrogen and oxygen atoms in total. The number of aromatic nitrogens is 3. The molecule has 4 rings (SSSR count). The number of hydrogen-bond donors (Lipinski definition) is 0. The first-order chi connectivity index (χ1) is 16.3. The predicted octanol–water partition coefficient (Wildman–Crippen LogP) is 3.57. The van der Waals surface area contributed by atoms with Gasteiger partial charge < -0.3 is 14.3 Å². The van der Waals surface area contributed by atoms with Gasteiger partial charge in [0.25, 0.3) is 11.8 Å². The van der Waals surface area contributed by atoms with Gasteiger partial charge in [0.1, 0.15) is 17.0 Å². The van der Waals surface area contributed by atoms with Crippen molar-refractivity contribution in [1.29, 1.82) is 0 Å². The lowest BCUT2D eigenvalue weighted by Gasteiger charge is -2.40. The molecular formula is C26H33N5O3. The SMILES string of the molecule is Cc1cc(C(=O)N(C)[C@H](Cc2ccccc2)C2CCN(C(=O)c3c(C)noc3C)CC2)n(C)n1. The first-order valence-corrected chi connectivity index (χ1v) is 11.8. The minimum Gasteiger partial charge on any atom is -0.361 e. The summed E-state index contributed by atoms with van der Waals surface area (Å²) in [6.07, 6.45) is 2.42. The third-order valence-corrected chi connectivity index (χ3v) is 6.94. The second-order valence-electron chi connectivity index (χ2n) is 9.30. The van der Waals surface area contributed by atoms with Crippen molar-refractivity contribution >= 4 is 11.8 Å². The Kier molecular flexibility index (Phi) is 6.86. The van der Waals surface area contributed by atoms with Crippen LogP contribution in [0.4, 0.5) is 0 Å². The quantitative estimate of drug-likeness (QED) is 0.558. The van der Waals surface area contributed by atoms with Crippen molar-refractivity contribution in [2.24, 2.45) is 13.0 Å². The van der Waals surface area contributed by atoms with Gasteiger partial charge in [-0.1, -0.05) is 35.5 Å². The van der Waals surface area contributed by atoms with Crippen LogP contribution in [0.25, 0.3) is 0 Å². The number of carbonyl (C=O) groups is 2. The van der Waals surface area contributed by atoms with Crippen molar-refractivity contribution in [3.8, 4) is 0 Å². The fourth-order valence-corrected chi connectivity index (χ4v) is 5.05. The lowest BCUT2D eigenvalue weighted by atomic mass is 9.84. The fourth-order valence-electron chi connectivity index (χ4n) is 5.05. The van der Waals surface area contributed by atoms with E-state index in [1.54, 1.807) is 25.6 Å². The molecule has 3 heterocycles. The van der Waals surface area contributed by atoms with Crippen LogP contribution < -0.4 is 0 Å². The molecule has 0 radical (unpaired) electrons. The zero-order valence-corrected chi connectivity index (χ0v) is 20.6. The van der Waals surface area contributed by atoms with Crippen LogP contribution in [0.1, 0.15) is 56.4 Å². The zero-order chi connectivity index (χ0) is 24.4. The van der Waals surface area contributed by atoms with Gasteiger partial charge in [0.05, 0.1) is 11.4 Å². The second kappa shape index (κ2) is 9.83. The predicted molar refractivity (Wildman–Crippen MR) is 129 cm³/mol. The molecule has 0 spiro atoms. The molecule has 1 atom stereocenters. The number of carbonyl (C=O) groups excluding carboxylic acids is 2. The molecule has 2 aromatic heterocycles. The van der Waals surface area contributed by atoms with E-state index >= 15 is 0 Å². The summed E-state index contributed by atoms with van der Waals surface area (Å²) in [6, 6.07) is 12.1. The molecule has 0 saturated carbocycles. The molecule has 8 heteroatoms. The molecule has 2 amide bonds. The molecule has 0 N–H and O–H groups in total. The normalized spacial score (nSPS) is 15.4. The Bertz CT molecular complexity index is 1140. The van der Waals surface area contributed by atoms with Crippen molar-refractivity contribution in [2.45, 2.75) is 46.1 Å². The van der Waals surface area contributed by atoms with Gasteiger partial charge in [-0.3, -0.25) is 14.3 Å². The maximum atomic E-state index is 13.4. The Balaban J connectivity index is 1.52. The van der Waals surface area contributed by atoms with Crippen LogP contribution >= 0.6 is 0 Å². The second-order valence-corrected chi connectivity index (χ2v) is 9.30. The van der Waals surface area contributed by atoms with Crippen LogP contribution in [0.3, 0.4) is 0 Å². The van der Waals surface area contributed by atoms with Crippen LogP contribution in [0.5, 0.6) is 0 Å². The number of nitrogens with zero attached hydrogens (tertiary/aromatic N) is 5. The Hall–Kier alpha value is -3.42. The zero-order valence-electron chi connectivity index (χ0n) is 20.6. The molecule has 0 aliphatic carbocycles. The van der Waals surface area contributed by atoms with Gasteiger partial charge in [0, 0.05) is 33.2 Å². The first-order valence-electron chi connectivity index (χ1n) is 11.8. The van der Waals surface area contributed by atoms with Crippen molar-refractivity contribution in [3.05, 3.63) is 70.4 Å². The van der Waals surface area contributed by atoms with Crippen LogP contribution in [0.15, 0.2) is 40.9 Å². The summed E-state index contributed by atoms with van der Waals surface area (Å²) in [5, 5.41) is 8.28. The molecule has 1 fully saturated rings.